The van der Waals surface area contributed by atoms with Gasteiger partial charge in [0.2, 0.25) is 29.5 Å². The molecule has 0 aliphatic carbocycles. The molecule has 5 amide bonds. The van der Waals surface area contributed by atoms with Crippen molar-refractivity contribution in [2.24, 2.45) is 0 Å². The van der Waals surface area contributed by atoms with Crippen LogP contribution in [-0.4, -0.2) is 77.6 Å². The van der Waals surface area contributed by atoms with Crippen molar-refractivity contribution in [3.63, 3.8) is 0 Å². The van der Waals surface area contributed by atoms with Gasteiger partial charge in [0.15, 0.2) is 0 Å². The van der Waals surface area contributed by atoms with E-state index in [1.54, 1.807) is 6.92 Å². The maximum Gasteiger partial charge on any atom is 0.242 e. The van der Waals surface area contributed by atoms with Crippen molar-refractivity contribution in [1.82, 2.24) is 25.8 Å². The molecule has 11 heteroatoms. The second-order valence-corrected chi connectivity index (χ2v) is 8.59. The highest BCUT2D eigenvalue weighted by Crippen LogP contribution is 2.11. The topological polar surface area (TPSA) is 128 Å². The molecule has 1 unspecified atom stereocenters. The summed E-state index contributed by atoms with van der Waals surface area (Å²) >= 11 is 0. The zero-order valence-corrected chi connectivity index (χ0v) is 20.4. The van der Waals surface area contributed by atoms with Crippen molar-refractivity contribution in [2.45, 2.75) is 58.7 Å². The van der Waals surface area contributed by atoms with Crippen LogP contribution in [0.1, 0.15) is 45.6 Å². The fourth-order valence-electron chi connectivity index (χ4n) is 3.52. The summed E-state index contributed by atoms with van der Waals surface area (Å²) in [6.45, 7) is 4.82. The zero-order valence-electron chi connectivity index (χ0n) is 20.4. The molecule has 1 aliphatic heterocycles. The molecule has 3 N–H and O–H groups in total. The first kappa shape index (κ1) is 27.7. The van der Waals surface area contributed by atoms with Crippen molar-refractivity contribution in [3.05, 3.63) is 35.6 Å². The Morgan fingerprint density at radius 1 is 0.943 bits per heavy atom. The molecule has 1 heterocycles. The van der Waals surface area contributed by atoms with Crippen LogP contribution in [0.4, 0.5) is 4.39 Å². The predicted octanol–water partition coefficient (Wildman–Crippen LogP) is 0.312. The lowest BCUT2D eigenvalue weighted by Crippen LogP contribution is -2.52. The van der Waals surface area contributed by atoms with Gasteiger partial charge in [-0.25, -0.2) is 4.39 Å². The normalized spacial score (nSPS) is 20.6. The molecule has 2 rings (SSSR count). The molecular formula is C24H34FN5O5. The highest BCUT2D eigenvalue weighted by Gasteiger charge is 2.27. The third-order valence-corrected chi connectivity index (χ3v) is 5.81. The van der Waals surface area contributed by atoms with Crippen molar-refractivity contribution in [2.75, 3.05) is 26.2 Å². The Morgan fingerprint density at radius 3 is 2.26 bits per heavy atom. The van der Waals surface area contributed by atoms with E-state index in [0.29, 0.717) is 12.0 Å². The van der Waals surface area contributed by atoms with Gasteiger partial charge in [-0.3, -0.25) is 24.0 Å². The zero-order chi connectivity index (χ0) is 26.0. The van der Waals surface area contributed by atoms with Crippen LogP contribution in [0.2, 0.25) is 0 Å². The second kappa shape index (κ2) is 13.4. The van der Waals surface area contributed by atoms with Gasteiger partial charge in [0.25, 0.3) is 0 Å². The molecule has 0 bridgehead atoms. The minimum atomic E-state index is -0.855. The molecule has 1 aromatic carbocycles. The van der Waals surface area contributed by atoms with Gasteiger partial charge in [-0.15, -0.1) is 0 Å². The van der Waals surface area contributed by atoms with Crippen LogP contribution >= 0.6 is 0 Å². The molecule has 10 nitrogen and oxygen atoms in total. The van der Waals surface area contributed by atoms with Crippen LogP contribution < -0.4 is 16.0 Å². The number of amides is 5. The molecule has 2 atom stereocenters. The molecule has 0 radical (unpaired) electrons. The molecule has 1 aromatic rings. The van der Waals surface area contributed by atoms with Gasteiger partial charge in [0.05, 0.1) is 6.54 Å². The van der Waals surface area contributed by atoms with Crippen LogP contribution in [0.25, 0.3) is 0 Å². The van der Waals surface area contributed by atoms with Crippen LogP contribution in [0.15, 0.2) is 24.3 Å². The first-order valence-electron chi connectivity index (χ1n) is 11.8. The van der Waals surface area contributed by atoms with Gasteiger partial charge in [-0.2, -0.15) is 0 Å². The quantitative estimate of drug-likeness (QED) is 0.559. The van der Waals surface area contributed by atoms with E-state index in [1.807, 2.05) is 6.92 Å². The monoisotopic (exact) mass is 491 g/mol. The average Bonchev–Trinajstić information content (AvgIpc) is 2.82. The van der Waals surface area contributed by atoms with E-state index in [1.165, 1.54) is 41.0 Å². The Labute approximate surface area is 204 Å². The van der Waals surface area contributed by atoms with E-state index in [9.17, 15) is 28.4 Å². The first-order chi connectivity index (χ1) is 16.6. The Morgan fingerprint density at radius 2 is 1.60 bits per heavy atom. The number of benzene rings is 1. The largest absolute Gasteiger partial charge is 0.356 e. The second-order valence-electron chi connectivity index (χ2n) is 8.59. The number of rotatable bonds is 4. The smallest absolute Gasteiger partial charge is 0.242 e. The fraction of sp³-hybridized carbons (Fsp3) is 0.542. The average molecular weight is 492 g/mol. The summed E-state index contributed by atoms with van der Waals surface area (Å²) in [5.74, 6) is -2.53. The summed E-state index contributed by atoms with van der Waals surface area (Å²) in [6, 6.07) is 4.46. The predicted molar refractivity (Wildman–Crippen MR) is 126 cm³/mol. The highest BCUT2D eigenvalue weighted by atomic mass is 19.1. The van der Waals surface area contributed by atoms with Crippen molar-refractivity contribution >= 4 is 29.5 Å². The van der Waals surface area contributed by atoms with E-state index >= 15 is 0 Å². The summed E-state index contributed by atoms with van der Waals surface area (Å²) in [6.07, 6.45) is 0.542. The molecule has 0 spiro atoms. The van der Waals surface area contributed by atoms with E-state index < -0.39 is 29.6 Å². The van der Waals surface area contributed by atoms with Gasteiger partial charge >= 0.3 is 0 Å². The molecule has 192 valence electrons. The minimum absolute atomic E-state index is 0.0141. The number of hydrogen-bond donors (Lipinski definition) is 3. The minimum Gasteiger partial charge on any atom is -0.356 e. The van der Waals surface area contributed by atoms with E-state index in [4.69, 9.17) is 0 Å². The fourth-order valence-corrected chi connectivity index (χ4v) is 3.52. The lowest BCUT2D eigenvalue weighted by atomic mass is 10.1. The maximum atomic E-state index is 13.3. The lowest BCUT2D eigenvalue weighted by molar-refractivity contribution is -0.144. The molecule has 0 aromatic heterocycles. The van der Waals surface area contributed by atoms with Gasteiger partial charge in [-0.05, 0) is 38.0 Å². The van der Waals surface area contributed by atoms with E-state index in [0.717, 1.165) is 0 Å². The summed E-state index contributed by atoms with van der Waals surface area (Å²) in [4.78, 5) is 65.8. The van der Waals surface area contributed by atoms with Gasteiger partial charge in [0.1, 0.15) is 18.4 Å². The van der Waals surface area contributed by atoms with Gasteiger partial charge in [-0.1, -0.05) is 19.1 Å². The number of halogens is 1. The van der Waals surface area contributed by atoms with Crippen LogP contribution in [0.5, 0.6) is 0 Å². The number of carbonyl (C=O) groups is 5. The first-order valence-corrected chi connectivity index (χ1v) is 11.8. The summed E-state index contributed by atoms with van der Waals surface area (Å²) in [7, 11) is 0. The molecule has 1 saturated heterocycles. The van der Waals surface area contributed by atoms with Crippen molar-refractivity contribution < 1.29 is 28.4 Å². The Kier molecular flexibility index (Phi) is 10.6. The molecule has 1 aliphatic rings. The van der Waals surface area contributed by atoms with Crippen LogP contribution in [0, 0.1) is 5.82 Å². The molecule has 1 fully saturated rings. The number of carbonyl (C=O) groups excluding carboxylic acids is 5. The summed E-state index contributed by atoms with van der Waals surface area (Å²) in [5.41, 5.74) is 0.633. The Balaban J connectivity index is 2.28. The van der Waals surface area contributed by atoms with Crippen LogP contribution in [0.3, 0.4) is 0 Å². The van der Waals surface area contributed by atoms with Gasteiger partial charge < -0.3 is 25.8 Å². The number of nitrogens with one attached hydrogen (secondary N) is 3. The summed E-state index contributed by atoms with van der Waals surface area (Å²) in [5, 5.41) is 7.78. The van der Waals surface area contributed by atoms with Crippen LogP contribution in [-0.2, 0) is 30.5 Å². The molecule has 35 heavy (non-hydrogen) atoms. The standard InChI is InChI=1S/C24H34FN5O5/c1-4-16(2)30-14-21(32)28-17(3)24(35)27-11-9-20(31)26-12-10-22(33)29(15-23(30)34)13-18-5-7-19(25)8-6-18/h5-8,16-17H,4,9-15H2,1-3H3,(H,26,31)(H,27,35)(H,28,32)/t16?,17-/m0/s1. The third kappa shape index (κ3) is 8.99. The van der Waals surface area contributed by atoms with Crippen molar-refractivity contribution in [1.29, 1.82) is 0 Å². The number of nitrogens with zero attached hydrogens (tertiary/aromatic N) is 2. The van der Waals surface area contributed by atoms with Gasteiger partial charge in [0, 0.05) is 38.5 Å². The van der Waals surface area contributed by atoms with E-state index in [2.05, 4.69) is 16.0 Å². The maximum absolute atomic E-state index is 13.3. The van der Waals surface area contributed by atoms with Crippen molar-refractivity contribution in [3.8, 4) is 0 Å². The molecule has 0 saturated carbocycles. The lowest BCUT2D eigenvalue weighted by Gasteiger charge is -2.31. The SMILES string of the molecule is CCC(C)N1CC(=O)N[C@@H](C)C(=O)NCCC(=O)NCCC(=O)N(Cc2ccc(F)cc2)CC1=O. The van der Waals surface area contributed by atoms with E-state index in [-0.39, 0.29) is 63.4 Å². The Hall–Kier alpha value is -3.50. The highest BCUT2D eigenvalue weighted by molar-refractivity contribution is 5.91. The number of hydrogen-bond acceptors (Lipinski definition) is 5. The molecular weight excluding hydrogens is 457 g/mol. The third-order valence-electron chi connectivity index (χ3n) is 5.81. The summed E-state index contributed by atoms with van der Waals surface area (Å²) < 4.78 is 13.3. The Bertz CT molecular complexity index is 923.